The van der Waals surface area contributed by atoms with E-state index in [4.69, 9.17) is 38.4 Å². The van der Waals surface area contributed by atoms with E-state index in [1.54, 1.807) is 20.3 Å². The molecule has 0 aliphatic rings. The Morgan fingerprint density at radius 1 is 1.32 bits per heavy atom. The highest BCUT2D eigenvalue weighted by Crippen LogP contribution is 2.30. The van der Waals surface area contributed by atoms with Crippen LogP contribution in [0.3, 0.4) is 0 Å². The molecule has 0 spiro atoms. The van der Waals surface area contributed by atoms with Crippen molar-refractivity contribution < 1.29 is 9.47 Å². The first kappa shape index (κ1) is 16.3. The predicted octanol–water partition coefficient (Wildman–Crippen LogP) is 2.46. The van der Waals surface area contributed by atoms with Gasteiger partial charge in [0.2, 0.25) is 0 Å². The first-order chi connectivity index (χ1) is 9.01. The summed E-state index contributed by atoms with van der Waals surface area (Å²) in [5.41, 5.74) is 5.74. The molecule has 0 bridgehead atoms. The summed E-state index contributed by atoms with van der Waals surface area (Å²) in [5.74, 6) is 0.846. The summed E-state index contributed by atoms with van der Waals surface area (Å²) >= 11 is 12.1. The third-order valence-corrected chi connectivity index (χ3v) is 3.27. The predicted molar refractivity (Wildman–Crippen MR) is 79.2 cm³/mol. The van der Waals surface area contributed by atoms with E-state index in [1.807, 2.05) is 11.8 Å². The van der Waals surface area contributed by atoms with E-state index in [0.29, 0.717) is 35.6 Å². The van der Waals surface area contributed by atoms with Crippen molar-refractivity contribution in [1.82, 2.24) is 4.98 Å². The van der Waals surface area contributed by atoms with Crippen LogP contribution in [0.15, 0.2) is 6.07 Å². The zero-order valence-corrected chi connectivity index (χ0v) is 12.8. The molecule has 1 unspecified atom stereocenters. The molecule has 0 aromatic carbocycles. The van der Waals surface area contributed by atoms with Gasteiger partial charge in [0.1, 0.15) is 11.6 Å². The largest absolute Gasteiger partial charge is 0.383 e. The molecule has 108 valence electrons. The Labute approximate surface area is 123 Å². The second-order valence-corrected chi connectivity index (χ2v) is 4.97. The number of hydrogen-bond donors (Lipinski definition) is 1. The quantitative estimate of drug-likeness (QED) is 0.838. The van der Waals surface area contributed by atoms with Crippen molar-refractivity contribution in [1.29, 1.82) is 0 Å². The number of nitrogen functional groups attached to an aromatic ring is 1. The van der Waals surface area contributed by atoms with E-state index in [-0.39, 0.29) is 11.9 Å². The van der Waals surface area contributed by atoms with Gasteiger partial charge in [-0.05, 0) is 13.0 Å². The number of nitrogens with two attached hydrogens (primary N) is 1. The fourth-order valence-corrected chi connectivity index (χ4v) is 2.20. The number of rotatable bonds is 7. The van der Waals surface area contributed by atoms with Gasteiger partial charge in [-0.15, -0.1) is 0 Å². The Bertz CT molecular complexity index is 418. The van der Waals surface area contributed by atoms with Gasteiger partial charge in [0.15, 0.2) is 0 Å². The molecule has 1 heterocycles. The lowest BCUT2D eigenvalue weighted by atomic mass is 10.2. The van der Waals surface area contributed by atoms with Crippen LogP contribution in [0.2, 0.25) is 10.0 Å². The number of pyridine rings is 1. The number of nitrogens with zero attached hydrogens (tertiary/aromatic N) is 2. The van der Waals surface area contributed by atoms with Crippen LogP contribution in [0, 0.1) is 0 Å². The molecule has 0 saturated heterocycles. The van der Waals surface area contributed by atoms with Gasteiger partial charge in [0.05, 0.1) is 29.3 Å². The molecule has 19 heavy (non-hydrogen) atoms. The molecule has 1 aromatic heterocycles. The van der Waals surface area contributed by atoms with Gasteiger partial charge in [0, 0.05) is 20.8 Å². The van der Waals surface area contributed by atoms with Crippen LogP contribution in [-0.2, 0) is 9.47 Å². The van der Waals surface area contributed by atoms with Gasteiger partial charge in [-0.1, -0.05) is 23.2 Å². The molecule has 0 amide bonds. The summed E-state index contributed by atoms with van der Waals surface area (Å²) in [7, 11) is 3.29. The smallest absolute Gasteiger partial charge is 0.150 e. The van der Waals surface area contributed by atoms with E-state index in [0.717, 1.165) is 0 Å². The lowest BCUT2D eigenvalue weighted by Crippen LogP contribution is -2.39. The fraction of sp³-hybridized carbons (Fsp3) is 0.583. The summed E-state index contributed by atoms with van der Waals surface area (Å²) in [5, 5.41) is 0.804. The van der Waals surface area contributed by atoms with Crippen LogP contribution in [-0.4, -0.2) is 45.0 Å². The van der Waals surface area contributed by atoms with Gasteiger partial charge in [-0.25, -0.2) is 4.98 Å². The van der Waals surface area contributed by atoms with Crippen molar-refractivity contribution >= 4 is 34.8 Å². The van der Waals surface area contributed by atoms with E-state index in [1.165, 1.54) is 0 Å². The third kappa shape index (κ3) is 4.38. The first-order valence-corrected chi connectivity index (χ1v) is 6.62. The summed E-state index contributed by atoms with van der Waals surface area (Å²) < 4.78 is 10.3. The van der Waals surface area contributed by atoms with Crippen molar-refractivity contribution in [3.63, 3.8) is 0 Å². The number of halogens is 2. The van der Waals surface area contributed by atoms with Crippen LogP contribution >= 0.6 is 23.2 Å². The van der Waals surface area contributed by atoms with Gasteiger partial charge in [0.25, 0.3) is 0 Å². The Morgan fingerprint density at radius 3 is 2.58 bits per heavy atom. The Kier molecular flexibility index (Phi) is 6.65. The Hall–Kier alpha value is -0.750. The second kappa shape index (κ2) is 7.75. The monoisotopic (exact) mass is 307 g/mol. The Balaban J connectivity index is 3.05. The molecule has 1 rings (SSSR count). The zero-order chi connectivity index (χ0) is 14.4. The number of aromatic nitrogens is 1. The highest BCUT2D eigenvalue weighted by molar-refractivity contribution is 6.37. The molecule has 0 saturated carbocycles. The van der Waals surface area contributed by atoms with Gasteiger partial charge in [-0.2, -0.15) is 0 Å². The van der Waals surface area contributed by atoms with E-state index < -0.39 is 0 Å². The van der Waals surface area contributed by atoms with Crippen molar-refractivity contribution in [2.24, 2.45) is 0 Å². The minimum Gasteiger partial charge on any atom is -0.383 e. The molecule has 0 aliphatic heterocycles. The maximum atomic E-state index is 6.19. The SMILES string of the molecule is COCCN(c1nc(N)c(Cl)cc1Cl)C(C)COC. The molecule has 2 N–H and O–H groups in total. The van der Waals surface area contributed by atoms with E-state index in [9.17, 15) is 0 Å². The van der Waals surface area contributed by atoms with Crippen LogP contribution in [0.25, 0.3) is 0 Å². The van der Waals surface area contributed by atoms with E-state index in [2.05, 4.69) is 4.98 Å². The minimum atomic E-state index is 0.0886. The van der Waals surface area contributed by atoms with E-state index >= 15 is 0 Å². The molecule has 0 radical (unpaired) electrons. The highest BCUT2D eigenvalue weighted by atomic mass is 35.5. The standard InChI is InChI=1S/C12H19Cl2N3O2/c1-8(7-19-3)17(4-5-18-2)12-10(14)6-9(13)11(15)16-12/h6,8H,4-5,7H2,1-3H3,(H2,15,16). The zero-order valence-electron chi connectivity index (χ0n) is 11.3. The van der Waals surface area contributed by atoms with Crippen LogP contribution < -0.4 is 10.6 Å². The molecule has 0 fully saturated rings. The topological polar surface area (TPSA) is 60.6 Å². The molecule has 1 atom stereocenters. The summed E-state index contributed by atoms with van der Waals surface area (Å²) in [6.07, 6.45) is 0. The Morgan fingerprint density at radius 2 is 2.00 bits per heavy atom. The number of methoxy groups -OCH3 is 2. The lowest BCUT2D eigenvalue weighted by Gasteiger charge is -2.30. The van der Waals surface area contributed by atoms with Crippen molar-refractivity contribution in [3.8, 4) is 0 Å². The molecule has 0 aliphatic carbocycles. The minimum absolute atomic E-state index is 0.0886. The maximum Gasteiger partial charge on any atom is 0.150 e. The average molecular weight is 308 g/mol. The van der Waals surface area contributed by atoms with Crippen LogP contribution in [0.4, 0.5) is 11.6 Å². The first-order valence-electron chi connectivity index (χ1n) is 5.87. The van der Waals surface area contributed by atoms with Crippen molar-refractivity contribution in [2.45, 2.75) is 13.0 Å². The van der Waals surface area contributed by atoms with Gasteiger partial charge in [-0.3, -0.25) is 0 Å². The molecule has 7 heteroatoms. The number of anilines is 2. The normalized spacial score (nSPS) is 12.5. The molecule has 5 nitrogen and oxygen atoms in total. The molecular formula is C12H19Cl2N3O2. The summed E-state index contributed by atoms with van der Waals surface area (Å²) in [6.45, 7) is 3.75. The maximum absolute atomic E-state index is 6.19. The molecular weight excluding hydrogens is 289 g/mol. The van der Waals surface area contributed by atoms with Gasteiger partial charge < -0.3 is 20.1 Å². The fourth-order valence-electron chi connectivity index (χ4n) is 1.73. The average Bonchev–Trinajstić information content (AvgIpc) is 2.36. The second-order valence-electron chi connectivity index (χ2n) is 4.15. The summed E-state index contributed by atoms with van der Waals surface area (Å²) in [6, 6.07) is 1.69. The van der Waals surface area contributed by atoms with Crippen LogP contribution in [0.5, 0.6) is 0 Å². The highest BCUT2D eigenvalue weighted by Gasteiger charge is 2.19. The summed E-state index contributed by atoms with van der Waals surface area (Å²) in [4.78, 5) is 6.25. The van der Waals surface area contributed by atoms with Crippen molar-refractivity contribution in [3.05, 3.63) is 16.1 Å². The number of hydrogen-bond acceptors (Lipinski definition) is 5. The number of ether oxygens (including phenoxy) is 2. The van der Waals surface area contributed by atoms with Crippen molar-refractivity contribution in [2.75, 3.05) is 44.6 Å². The third-order valence-electron chi connectivity index (χ3n) is 2.69. The molecule has 1 aromatic rings. The van der Waals surface area contributed by atoms with Crippen LogP contribution in [0.1, 0.15) is 6.92 Å². The lowest BCUT2D eigenvalue weighted by molar-refractivity contribution is 0.170. The van der Waals surface area contributed by atoms with Gasteiger partial charge >= 0.3 is 0 Å².